The summed E-state index contributed by atoms with van der Waals surface area (Å²) >= 11 is 4.73. The van der Waals surface area contributed by atoms with Crippen LogP contribution in [0, 0.1) is 0 Å². The van der Waals surface area contributed by atoms with Crippen molar-refractivity contribution in [3.05, 3.63) is 82.3 Å². The molecule has 0 saturated carbocycles. The van der Waals surface area contributed by atoms with E-state index in [1.165, 1.54) is 17.3 Å². The number of carbonyl (C=O) groups is 1. The lowest BCUT2D eigenvalue weighted by atomic mass is 9.87. The number of nitrogens with zero attached hydrogens (tertiary/aromatic N) is 4. The van der Waals surface area contributed by atoms with Gasteiger partial charge in [-0.3, -0.25) is 9.36 Å². The predicted octanol–water partition coefficient (Wildman–Crippen LogP) is 6.25. The summed E-state index contributed by atoms with van der Waals surface area (Å²) in [6.07, 6.45) is 1.58. The second-order valence-electron chi connectivity index (χ2n) is 9.64. The second-order valence-corrected chi connectivity index (χ2v) is 11.4. The Bertz CT molecular complexity index is 1460. The van der Waals surface area contributed by atoms with Crippen LogP contribution in [0.2, 0.25) is 0 Å². The Kier molecular flexibility index (Phi) is 9.08. The topological polar surface area (TPSA) is 90.6 Å². The van der Waals surface area contributed by atoms with E-state index in [0.29, 0.717) is 11.0 Å². The molecule has 4 aromatic rings. The molecular weight excluding hydrogens is 578 g/mol. The fraction of sp³-hybridized carbons (Fsp3) is 0.241. The van der Waals surface area contributed by atoms with Crippen LogP contribution in [-0.4, -0.2) is 46.9 Å². The molecule has 0 fully saturated rings. The maximum absolute atomic E-state index is 12.6. The number of thioether (sulfide) groups is 1. The fourth-order valence-electron chi connectivity index (χ4n) is 3.74. The maximum atomic E-state index is 12.6. The third-order valence-corrected chi connectivity index (χ3v) is 7.43. The number of ether oxygens (including phenoxy) is 2. The molecule has 0 aliphatic rings. The maximum Gasteiger partial charge on any atom is 0.250 e. The van der Waals surface area contributed by atoms with E-state index in [9.17, 15) is 4.79 Å². The standard InChI is InChI=1S/C29H30BrN5O3S/c1-29(2,3)21-9-7-20(8-10-21)27-33-34-28(35(27)22-11-13-23(37-4)14-12-22)39-18-26(36)32-31-17-19-6-15-25(38-5)24(30)16-19/h6-17H,18H2,1-5H3,(H,32,36). The van der Waals surface area contributed by atoms with E-state index in [1.807, 2.05) is 47.0 Å². The fourth-order valence-corrected chi connectivity index (χ4v) is 5.04. The first-order valence-electron chi connectivity index (χ1n) is 12.2. The predicted molar refractivity (Wildman–Crippen MR) is 159 cm³/mol. The molecule has 0 saturated heterocycles. The van der Waals surface area contributed by atoms with Gasteiger partial charge in [-0.2, -0.15) is 5.10 Å². The smallest absolute Gasteiger partial charge is 0.250 e. The molecule has 0 atom stereocenters. The number of aromatic nitrogens is 3. The molecule has 0 bridgehead atoms. The van der Waals surface area contributed by atoms with Gasteiger partial charge in [0, 0.05) is 11.3 Å². The number of benzene rings is 3. The molecule has 1 amide bonds. The molecule has 39 heavy (non-hydrogen) atoms. The Labute approximate surface area is 241 Å². The van der Waals surface area contributed by atoms with Gasteiger partial charge in [-0.25, -0.2) is 5.43 Å². The minimum absolute atomic E-state index is 0.0446. The van der Waals surface area contributed by atoms with Gasteiger partial charge in [-0.05, 0) is 74.9 Å². The lowest BCUT2D eigenvalue weighted by molar-refractivity contribution is -0.118. The molecule has 10 heteroatoms. The van der Waals surface area contributed by atoms with Crippen molar-refractivity contribution >= 4 is 39.8 Å². The lowest BCUT2D eigenvalue weighted by Gasteiger charge is -2.19. The second kappa shape index (κ2) is 12.5. The number of halogens is 1. The van der Waals surface area contributed by atoms with E-state index in [2.05, 4.69) is 81.7 Å². The number of nitrogens with one attached hydrogen (secondary N) is 1. The van der Waals surface area contributed by atoms with E-state index in [-0.39, 0.29) is 17.1 Å². The number of rotatable bonds is 9. The van der Waals surface area contributed by atoms with Gasteiger partial charge in [-0.1, -0.05) is 56.8 Å². The molecule has 4 rings (SSSR count). The zero-order valence-electron chi connectivity index (χ0n) is 22.4. The minimum Gasteiger partial charge on any atom is -0.497 e. The zero-order chi connectivity index (χ0) is 28.0. The average molecular weight is 609 g/mol. The molecule has 202 valence electrons. The number of hydrazone groups is 1. The Morgan fingerprint density at radius 3 is 2.36 bits per heavy atom. The van der Waals surface area contributed by atoms with Gasteiger partial charge in [0.1, 0.15) is 11.5 Å². The first-order valence-corrected chi connectivity index (χ1v) is 14.0. The van der Waals surface area contributed by atoms with Crippen molar-refractivity contribution in [2.75, 3.05) is 20.0 Å². The molecule has 8 nitrogen and oxygen atoms in total. The van der Waals surface area contributed by atoms with E-state index in [0.717, 1.165) is 32.8 Å². The van der Waals surface area contributed by atoms with Crippen molar-refractivity contribution in [2.24, 2.45) is 5.10 Å². The molecule has 1 heterocycles. The van der Waals surface area contributed by atoms with Gasteiger partial charge in [0.2, 0.25) is 0 Å². The summed E-state index contributed by atoms with van der Waals surface area (Å²) in [5.41, 5.74) is 6.46. The molecule has 0 aliphatic heterocycles. The SMILES string of the molecule is COc1ccc(-n2c(SCC(=O)NN=Cc3ccc(OC)c(Br)c3)nnc2-c2ccc(C(C)(C)C)cc2)cc1. The highest BCUT2D eigenvalue weighted by molar-refractivity contribution is 9.10. The molecule has 0 radical (unpaired) electrons. The number of hydrogen-bond acceptors (Lipinski definition) is 7. The largest absolute Gasteiger partial charge is 0.497 e. The minimum atomic E-state index is -0.260. The van der Waals surface area contributed by atoms with Crippen LogP contribution in [0.1, 0.15) is 31.9 Å². The van der Waals surface area contributed by atoms with Crippen molar-refractivity contribution in [3.8, 4) is 28.6 Å². The van der Waals surface area contributed by atoms with Gasteiger partial charge >= 0.3 is 0 Å². The Morgan fingerprint density at radius 1 is 1.03 bits per heavy atom. The molecule has 0 spiro atoms. The molecule has 3 aromatic carbocycles. The third kappa shape index (κ3) is 7.07. The average Bonchev–Trinajstić information content (AvgIpc) is 3.35. The highest BCUT2D eigenvalue weighted by atomic mass is 79.9. The highest BCUT2D eigenvalue weighted by Gasteiger charge is 2.19. The third-order valence-electron chi connectivity index (χ3n) is 5.88. The van der Waals surface area contributed by atoms with Crippen LogP contribution >= 0.6 is 27.7 Å². The van der Waals surface area contributed by atoms with Crippen molar-refractivity contribution in [1.82, 2.24) is 20.2 Å². The zero-order valence-corrected chi connectivity index (χ0v) is 24.8. The Balaban J connectivity index is 1.52. The summed E-state index contributed by atoms with van der Waals surface area (Å²) in [5, 5.41) is 13.6. The van der Waals surface area contributed by atoms with Gasteiger partial charge < -0.3 is 9.47 Å². The van der Waals surface area contributed by atoms with Crippen molar-refractivity contribution in [3.63, 3.8) is 0 Å². The van der Waals surface area contributed by atoms with Crippen molar-refractivity contribution in [2.45, 2.75) is 31.3 Å². The highest BCUT2D eigenvalue weighted by Crippen LogP contribution is 2.31. The molecule has 1 aromatic heterocycles. The van der Waals surface area contributed by atoms with E-state index in [1.54, 1.807) is 20.4 Å². The van der Waals surface area contributed by atoms with Crippen LogP contribution < -0.4 is 14.9 Å². The lowest BCUT2D eigenvalue weighted by Crippen LogP contribution is -2.20. The monoisotopic (exact) mass is 607 g/mol. The van der Waals surface area contributed by atoms with Gasteiger partial charge in [0.25, 0.3) is 5.91 Å². The van der Waals surface area contributed by atoms with E-state index < -0.39 is 0 Å². The number of hydrogen-bond donors (Lipinski definition) is 1. The summed E-state index contributed by atoms with van der Waals surface area (Å²) in [5.74, 6) is 2.01. The van der Waals surface area contributed by atoms with Gasteiger partial charge in [0.15, 0.2) is 11.0 Å². The molecular formula is C29H30BrN5O3S. The number of amides is 1. The van der Waals surface area contributed by atoms with Crippen molar-refractivity contribution < 1.29 is 14.3 Å². The van der Waals surface area contributed by atoms with Crippen LogP contribution in [0.3, 0.4) is 0 Å². The summed E-state index contributed by atoms with van der Waals surface area (Å²) in [7, 11) is 3.23. The van der Waals surface area contributed by atoms with Gasteiger partial charge in [0.05, 0.1) is 30.7 Å². The Hall–Kier alpha value is -3.63. The molecule has 1 N–H and O–H groups in total. The van der Waals surface area contributed by atoms with Gasteiger partial charge in [-0.15, -0.1) is 10.2 Å². The first-order chi connectivity index (χ1) is 18.7. The number of carbonyl (C=O) groups excluding carboxylic acids is 1. The first kappa shape index (κ1) is 28.4. The number of methoxy groups -OCH3 is 2. The van der Waals surface area contributed by atoms with E-state index in [4.69, 9.17) is 9.47 Å². The normalized spacial score (nSPS) is 11.5. The summed E-state index contributed by atoms with van der Waals surface area (Å²) in [6.45, 7) is 6.55. The Morgan fingerprint density at radius 2 is 1.74 bits per heavy atom. The van der Waals surface area contributed by atoms with Crippen molar-refractivity contribution in [1.29, 1.82) is 0 Å². The van der Waals surface area contributed by atoms with Crippen LogP contribution in [0.15, 0.2) is 81.5 Å². The van der Waals surface area contributed by atoms with E-state index >= 15 is 0 Å². The molecule has 0 aliphatic carbocycles. The van der Waals surface area contributed by atoms with Crippen LogP contribution in [0.4, 0.5) is 0 Å². The van der Waals surface area contributed by atoms with Crippen LogP contribution in [0.25, 0.3) is 17.1 Å². The summed E-state index contributed by atoms with van der Waals surface area (Å²) in [6, 6.07) is 21.5. The quantitative estimate of drug-likeness (QED) is 0.137. The summed E-state index contributed by atoms with van der Waals surface area (Å²) in [4.78, 5) is 12.6. The van der Waals surface area contributed by atoms with Crippen LogP contribution in [0.5, 0.6) is 11.5 Å². The molecule has 0 unspecified atom stereocenters. The van der Waals surface area contributed by atoms with Crippen LogP contribution in [-0.2, 0) is 10.2 Å². The summed E-state index contributed by atoms with van der Waals surface area (Å²) < 4.78 is 13.3.